The number of hydrogen-bond acceptors (Lipinski definition) is 3. The average Bonchev–Trinajstić information content (AvgIpc) is 2.84. The van der Waals surface area contributed by atoms with Crippen molar-refractivity contribution in [1.82, 2.24) is 0 Å². The van der Waals surface area contributed by atoms with Gasteiger partial charge in [-0.3, -0.25) is 0 Å². The molecule has 20 heavy (non-hydrogen) atoms. The fourth-order valence-corrected chi connectivity index (χ4v) is 2.88. The van der Waals surface area contributed by atoms with E-state index in [1.165, 1.54) is 4.88 Å². The molecule has 0 aliphatic heterocycles. The van der Waals surface area contributed by atoms with Gasteiger partial charge in [0.25, 0.3) is 0 Å². The molecule has 4 heteroatoms. The van der Waals surface area contributed by atoms with E-state index in [1.807, 2.05) is 30.3 Å². The van der Waals surface area contributed by atoms with Gasteiger partial charge in [0.1, 0.15) is 5.75 Å². The third-order valence-electron chi connectivity index (χ3n) is 2.82. The zero-order chi connectivity index (χ0) is 14.5. The lowest BCUT2D eigenvalue weighted by Crippen LogP contribution is -2.06. The molecule has 2 nitrogen and oxygen atoms in total. The minimum Gasteiger partial charge on any atom is -0.493 e. The molecule has 2 aromatic rings. The van der Waals surface area contributed by atoms with Crippen LogP contribution in [0.1, 0.15) is 31.7 Å². The maximum atomic E-state index is 5.97. The van der Waals surface area contributed by atoms with E-state index in [4.69, 9.17) is 16.3 Å². The van der Waals surface area contributed by atoms with Crippen molar-refractivity contribution in [2.24, 2.45) is 5.92 Å². The fourth-order valence-electron chi connectivity index (χ4n) is 1.82. The van der Waals surface area contributed by atoms with Gasteiger partial charge in [0.2, 0.25) is 0 Å². The van der Waals surface area contributed by atoms with Crippen LogP contribution in [0.15, 0.2) is 36.4 Å². The van der Waals surface area contributed by atoms with Crippen LogP contribution in [0, 0.1) is 5.92 Å². The maximum Gasteiger partial charge on any atom is 0.121 e. The van der Waals surface area contributed by atoms with Crippen LogP contribution >= 0.6 is 22.9 Å². The quantitative estimate of drug-likeness (QED) is 0.749. The summed E-state index contributed by atoms with van der Waals surface area (Å²) in [7, 11) is 0. The molecule has 0 saturated heterocycles. The second kappa shape index (κ2) is 7.00. The third-order valence-corrected chi connectivity index (χ3v) is 4.24. The smallest absolute Gasteiger partial charge is 0.121 e. The van der Waals surface area contributed by atoms with E-state index >= 15 is 0 Å². The molecule has 1 N–H and O–H groups in total. The van der Waals surface area contributed by atoms with Crippen molar-refractivity contribution < 1.29 is 4.74 Å². The first-order chi connectivity index (χ1) is 9.54. The summed E-state index contributed by atoms with van der Waals surface area (Å²) in [5.74, 6) is 1.43. The van der Waals surface area contributed by atoms with Crippen molar-refractivity contribution in [3.8, 4) is 5.75 Å². The van der Waals surface area contributed by atoms with Gasteiger partial charge >= 0.3 is 0 Å². The standard InChI is InChI=1S/C16H20ClNOS/c1-11(2)10-19-14-6-4-5-13(9-14)18-12(3)15-7-8-16(17)20-15/h4-9,11-12,18H,10H2,1-3H3. The topological polar surface area (TPSA) is 21.3 Å². The van der Waals surface area contributed by atoms with Crippen LogP contribution in [-0.2, 0) is 0 Å². The first-order valence-corrected chi connectivity index (χ1v) is 7.98. The Labute approximate surface area is 129 Å². The Balaban J connectivity index is 2.00. The first kappa shape index (κ1) is 15.2. The molecule has 0 spiro atoms. The first-order valence-electron chi connectivity index (χ1n) is 6.79. The predicted octanol–water partition coefficient (Wildman–Crippen LogP) is 5.61. The molecule has 1 unspecified atom stereocenters. The van der Waals surface area contributed by atoms with Gasteiger partial charge in [-0.25, -0.2) is 0 Å². The van der Waals surface area contributed by atoms with Crippen molar-refractivity contribution in [2.75, 3.05) is 11.9 Å². The highest BCUT2D eigenvalue weighted by Crippen LogP contribution is 2.29. The fraction of sp³-hybridized carbons (Fsp3) is 0.375. The van der Waals surface area contributed by atoms with Crippen molar-refractivity contribution in [2.45, 2.75) is 26.8 Å². The van der Waals surface area contributed by atoms with E-state index in [2.05, 4.69) is 32.2 Å². The summed E-state index contributed by atoms with van der Waals surface area (Å²) in [6.45, 7) is 7.15. The summed E-state index contributed by atoms with van der Waals surface area (Å²) in [4.78, 5) is 1.23. The number of halogens is 1. The van der Waals surface area contributed by atoms with Gasteiger partial charge in [0.05, 0.1) is 17.0 Å². The Morgan fingerprint density at radius 3 is 2.65 bits per heavy atom. The van der Waals surface area contributed by atoms with E-state index in [1.54, 1.807) is 11.3 Å². The Kier molecular flexibility index (Phi) is 5.32. The Bertz CT molecular complexity index is 553. The number of nitrogens with one attached hydrogen (secondary N) is 1. The van der Waals surface area contributed by atoms with Crippen LogP contribution in [0.3, 0.4) is 0 Å². The number of hydrogen-bond donors (Lipinski definition) is 1. The molecular weight excluding hydrogens is 290 g/mol. The molecule has 2 rings (SSSR count). The van der Waals surface area contributed by atoms with Crippen molar-refractivity contribution in [3.63, 3.8) is 0 Å². The summed E-state index contributed by atoms with van der Waals surface area (Å²) >= 11 is 7.58. The predicted molar refractivity (Wildman–Crippen MR) is 88.1 cm³/mol. The number of thiophene rings is 1. The lowest BCUT2D eigenvalue weighted by Gasteiger charge is -2.15. The van der Waals surface area contributed by atoms with E-state index in [0.717, 1.165) is 22.4 Å². The minimum absolute atomic E-state index is 0.229. The molecule has 0 fully saturated rings. The van der Waals surface area contributed by atoms with Crippen LogP contribution in [0.25, 0.3) is 0 Å². The van der Waals surface area contributed by atoms with Crippen molar-refractivity contribution >= 4 is 28.6 Å². The van der Waals surface area contributed by atoms with Gasteiger partial charge in [0, 0.05) is 16.6 Å². The Hall–Kier alpha value is -1.19. The molecular formula is C16H20ClNOS. The summed E-state index contributed by atoms with van der Waals surface area (Å²) < 4.78 is 6.56. The SMILES string of the molecule is CC(C)COc1cccc(NC(C)c2ccc(Cl)s2)c1. The monoisotopic (exact) mass is 309 g/mol. The van der Waals surface area contributed by atoms with E-state index in [0.29, 0.717) is 5.92 Å². The van der Waals surface area contributed by atoms with Gasteiger partial charge < -0.3 is 10.1 Å². The number of benzene rings is 1. The van der Waals surface area contributed by atoms with Gasteiger partial charge in [0.15, 0.2) is 0 Å². The van der Waals surface area contributed by atoms with Crippen molar-refractivity contribution in [1.29, 1.82) is 0 Å². The second-order valence-corrected chi connectivity index (χ2v) is 6.99. The number of anilines is 1. The minimum atomic E-state index is 0.229. The largest absolute Gasteiger partial charge is 0.493 e. The van der Waals surface area contributed by atoms with Crippen LogP contribution in [0.5, 0.6) is 5.75 Å². The van der Waals surface area contributed by atoms with Crippen LogP contribution in [0.4, 0.5) is 5.69 Å². The summed E-state index contributed by atoms with van der Waals surface area (Å²) in [6, 6.07) is 12.3. The highest BCUT2D eigenvalue weighted by atomic mass is 35.5. The number of rotatable bonds is 6. The second-order valence-electron chi connectivity index (χ2n) is 5.24. The molecule has 0 aliphatic rings. The van der Waals surface area contributed by atoms with E-state index in [-0.39, 0.29) is 6.04 Å². The van der Waals surface area contributed by atoms with Crippen LogP contribution in [-0.4, -0.2) is 6.61 Å². The molecule has 1 heterocycles. The molecule has 0 radical (unpaired) electrons. The molecule has 1 aromatic heterocycles. The lowest BCUT2D eigenvalue weighted by atomic mass is 10.2. The molecule has 1 atom stereocenters. The van der Waals surface area contributed by atoms with Crippen molar-refractivity contribution in [3.05, 3.63) is 45.6 Å². The highest BCUT2D eigenvalue weighted by Gasteiger charge is 2.08. The molecule has 0 amide bonds. The van der Waals surface area contributed by atoms with Crippen LogP contribution < -0.4 is 10.1 Å². The summed E-state index contributed by atoms with van der Waals surface area (Å²) in [5, 5.41) is 3.47. The van der Waals surface area contributed by atoms with E-state index < -0.39 is 0 Å². The molecule has 0 saturated carbocycles. The molecule has 0 bridgehead atoms. The molecule has 108 valence electrons. The lowest BCUT2D eigenvalue weighted by molar-refractivity contribution is 0.271. The molecule has 0 aliphatic carbocycles. The summed E-state index contributed by atoms with van der Waals surface area (Å²) in [6.07, 6.45) is 0. The highest BCUT2D eigenvalue weighted by molar-refractivity contribution is 7.16. The summed E-state index contributed by atoms with van der Waals surface area (Å²) in [5.41, 5.74) is 1.06. The normalized spacial score (nSPS) is 12.4. The van der Waals surface area contributed by atoms with E-state index in [9.17, 15) is 0 Å². The maximum absolute atomic E-state index is 5.97. The van der Waals surface area contributed by atoms with Gasteiger partial charge in [-0.2, -0.15) is 0 Å². The van der Waals surface area contributed by atoms with Gasteiger partial charge in [-0.05, 0) is 37.1 Å². The average molecular weight is 310 g/mol. The van der Waals surface area contributed by atoms with Gasteiger partial charge in [-0.15, -0.1) is 11.3 Å². The number of ether oxygens (including phenoxy) is 1. The molecule has 1 aromatic carbocycles. The Morgan fingerprint density at radius 2 is 2.00 bits per heavy atom. The third kappa shape index (κ3) is 4.43. The van der Waals surface area contributed by atoms with Gasteiger partial charge in [-0.1, -0.05) is 31.5 Å². The zero-order valence-corrected chi connectivity index (χ0v) is 13.6. The Morgan fingerprint density at radius 1 is 1.20 bits per heavy atom. The van der Waals surface area contributed by atoms with Crippen LogP contribution in [0.2, 0.25) is 4.34 Å². The zero-order valence-electron chi connectivity index (χ0n) is 12.0.